The molecule has 0 spiro atoms. The largest absolute Gasteiger partial charge is 0.425 e. The molecule has 3 rings (SSSR count). The van der Waals surface area contributed by atoms with Gasteiger partial charge in [-0.3, -0.25) is 10.2 Å². The fourth-order valence-electron chi connectivity index (χ4n) is 2.14. The molecule has 0 saturated carbocycles. The van der Waals surface area contributed by atoms with Crippen LogP contribution in [0.4, 0.5) is 5.69 Å². The maximum atomic E-state index is 11.9. The van der Waals surface area contributed by atoms with Crippen LogP contribution in [-0.2, 0) is 6.42 Å². The third-order valence-corrected chi connectivity index (χ3v) is 2.96. The fraction of sp³-hybridized carbons (Fsp3) is 0.167. The van der Waals surface area contributed by atoms with Crippen molar-refractivity contribution in [3.8, 4) is 0 Å². The van der Waals surface area contributed by atoms with Gasteiger partial charge in [0.15, 0.2) is 0 Å². The molecule has 0 amide bonds. The fourth-order valence-corrected chi connectivity index (χ4v) is 2.14. The number of hydrazone groups is 1. The van der Waals surface area contributed by atoms with Gasteiger partial charge >= 0.3 is 5.56 Å². The number of fused-ring (bicyclic) bond motifs is 3. The predicted molar refractivity (Wildman–Crippen MR) is 65.8 cm³/mol. The van der Waals surface area contributed by atoms with E-state index in [1.54, 1.807) is 12.1 Å². The molecule has 0 bridgehead atoms. The summed E-state index contributed by atoms with van der Waals surface area (Å²) >= 11 is 0. The molecule has 1 aliphatic rings. The van der Waals surface area contributed by atoms with Crippen molar-refractivity contribution in [1.29, 1.82) is 0 Å². The van der Waals surface area contributed by atoms with Crippen molar-refractivity contribution >= 4 is 22.3 Å². The first kappa shape index (κ1) is 9.89. The summed E-state index contributed by atoms with van der Waals surface area (Å²) in [6.45, 7) is 1.90. The molecule has 1 aliphatic heterocycles. The number of para-hydroxylation sites is 1. The van der Waals surface area contributed by atoms with E-state index in [0.717, 1.165) is 16.7 Å². The SMILES string of the molecule is CC1=NNc2c(c3ccccc3n(O)c2=O)C1. The van der Waals surface area contributed by atoms with E-state index in [1.807, 2.05) is 19.1 Å². The quantitative estimate of drug-likeness (QED) is 0.674. The van der Waals surface area contributed by atoms with Crippen molar-refractivity contribution in [1.82, 2.24) is 4.73 Å². The lowest BCUT2D eigenvalue weighted by Gasteiger charge is -2.17. The number of pyridine rings is 1. The zero-order valence-corrected chi connectivity index (χ0v) is 9.27. The summed E-state index contributed by atoms with van der Waals surface area (Å²) in [5.41, 5.74) is 4.93. The van der Waals surface area contributed by atoms with Crippen LogP contribution in [0.5, 0.6) is 0 Å². The minimum Gasteiger partial charge on any atom is -0.425 e. The van der Waals surface area contributed by atoms with Crippen LogP contribution in [0.25, 0.3) is 10.9 Å². The molecule has 1 aromatic heterocycles. The standard InChI is InChI=1S/C12H11N3O2/c1-7-6-9-8-4-2-3-5-10(8)15(17)12(16)11(9)14-13-7/h2-5,14,17H,6H2,1H3. The first-order chi connectivity index (χ1) is 8.18. The van der Waals surface area contributed by atoms with Crippen LogP contribution in [0.2, 0.25) is 0 Å². The van der Waals surface area contributed by atoms with Gasteiger partial charge in [0.2, 0.25) is 0 Å². The van der Waals surface area contributed by atoms with Crippen LogP contribution < -0.4 is 11.0 Å². The average Bonchev–Trinajstić information content (AvgIpc) is 2.36. The normalized spacial score (nSPS) is 14.1. The highest BCUT2D eigenvalue weighted by molar-refractivity contribution is 5.96. The maximum Gasteiger partial charge on any atom is 0.308 e. The van der Waals surface area contributed by atoms with E-state index < -0.39 is 5.56 Å². The molecular formula is C12H11N3O2. The minimum absolute atomic E-state index is 0.358. The number of nitrogens with one attached hydrogen (secondary N) is 1. The molecule has 0 unspecified atom stereocenters. The first-order valence-corrected chi connectivity index (χ1v) is 5.33. The van der Waals surface area contributed by atoms with E-state index in [1.165, 1.54) is 0 Å². The Morgan fingerprint density at radius 1 is 1.41 bits per heavy atom. The Morgan fingerprint density at radius 3 is 3.00 bits per heavy atom. The molecule has 0 radical (unpaired) electrons. The molecule has 0 saturated heterocycles. The molecule has 0 fully saturated rings. The van der Waals surface area contributed by atoms with Crippen LogP contribution in [0.1, 0.15) is 12.5 Å². The number of aromatic nitrogens is 1. The van der Waals surface area contributed by atoms with Crippen LogP contribution in [0.3, 0.4) is 0 Å². The second-order valence-corrected chi connectivity index (χ2v) is 4.12. The van der Waals surface area contributed by atoms with E-state index in [2.05, 4.69) is 10.5 Å². The lowest BCUT2D eigenvalue weighted by molar-refractivity contribution is 0.189. The second kappa shape index (κ2) is 3.35. The highest BCUT2D eigenvalue weighted by Gasteiger charge is 2.19. The Morgan fingerprint density at radius 2 is 2.18 bits per heavy atom. The molecule has 2 N–H and O–H groups in total. The van der Waals surface area contributed by atoms with Gasteiger partial charge in [0.05, 0.1) is 5.52 Å². The van der Waals surface area contributed by atoms with E-state index in [9.17, 15) is 10.0 Å². The summed E-state index contributed by atoms with van der Waals surface area (Å²) < 4.78 is 0.664. The van der Waals surface area contributed by atoms with Gasteiger partial charge in [-0.25, -0.2) is 0 Å². The smallest absolute Gasteiger partial charge is 0.308 e. The lowest BCUT2D eigenvalue weighted by Crippen LogP contribution is -2.26. The molecular weight excluding hydrogens is 218 g/mol. The summed E-state index contributed by atoms with van der Waals surface area (Å²) in [7, 11) is 0. The highest BCUT2D eigenvalue weighted by atomic mass is 16.5. The molecule has 1 aromatic carbocycles. The average molecular weight is 229 g/mol. The van der Waals surface area contributed by atoms with Crippen molar-refractivity contribution in [2.75, 3.05) is 5.43 Å². The van der Waals surface area contributed by atoms with Crippen LogP contribution in [0.15, 0.2) is 34.2 Å². The minimum atomic E-state index is -0.463. The summed E-state index contributed by atoms with van der Waals surface area (Å²) in [6.07, 6.45) is 0.624. The van der Waals surface area contributed by atoms with Crippen molar-refractivity contribution < 1.29 is 5.21 Å². The van der Waals surface area contributed by atoms with E-state index >= 15 is 0 Å². The zero-order chi connectivity index (χ0) is 12.0. The summed E-state index contributed by atoms with van der Waals surface area (Å²) in [5, 5.41) is 14.7. The Labute approximate surface area is 97.0 Å². The molecule has 2 aromatic rings. The molecule has 86 valence electrons. The molecule has 5 nitrogen and oxygen atoms in total. The first-order valence-electron chi connectivity index (χ1n) is 5.33. The Hall–Kier alpha value is -2.30. The zero-order valence-electron chi connectivity index (χ0n) is 9.27. The van der Waals surface area contributed by atoms with Crippen LogP contribution >= 0.6 is 0 Å². The topological polar surface area (TPSA) is 66.6 Å². The van der Waals surface area contributed by atoms with Crippen molar-refractivity contribution in [3.63, 3.8) is 0 Å². The van der Waals surface area contributed by atoms with Gasteiger partial charge in [0, 0.05) is 17.5 Å². The van der Waals surface area contributed by atoms with E-state index in [0.29, 0.717) is 22.4 Å². The van der Waals surface area contributed by atoms with Crippen LogP contribution in [-0.4, -0.2) is 15.6 Å². The third kappa shape index (κ3) is 1.32. The van der Waals surface area contributed by atoms with Gasteiger partial charge in [0.25, 0.3) is 0 Å². The van der Waals surface area contributed by atoms with Crippen LogP contribution in [0, 0.1) is 0 Å². The maximum absolute atomic E-state index is 11.9. The van der Waals surface area contributed by atoms with Crippen molar-refractivity contribution in [3.05, 3.63) is 40.2 Å². The monoisotopic (exact) mass is 229 g/mol. The number of benzene rings is 1. The lowest BCUT2D eigenvalue weighted by atomic mass is 10.0. The van der Waals surface area contributed by atoms with Gasteiger partial charge < -0.3 is 5.21 Å². The Balaban J connectivity index is 2.47. The number of rotatable bonds is 0. The van der Waals surface area contributed by atoms with Gasteiger partial charge in [-0.1, -0.05) is 18.2 Å². The molecule has 17 heavy (non-hydrogen) atoms. The Kier molecular flexibility index (Phi) is 1.95. The van der Waals surface area contributed by atoms with Gasteiger partial charge in [0.1, 0.15) is 5.69 Å². The summed E-state index contributed by atoms with van der Waals surface area (Å²) in [4.78, 5) is 11.9. The molecule has 2 heterocycles. The molecule has 5 heteroatoms. The van der Waals surface area contributed by atoms with Gasteiger partial charge in [-0.05, 0) is 18.6 Å². The van der Waals surface area contributed by atoms with E-state index in [-0.39, 0.29) is 0 Å². The number of hydrogen-bond acceptors (Lipinski definition) is 4. The van der Waals surface area contributed by atoms with Crippen molar-refractivity contribution in [2.24, 2.45) is 5.10 Å². The number of anilines is 1. The number of nitrogens with zero attached hydrogens (tertiary/aromatic N) is 2. The second-order valence-electron chi connectivity index (χ2n) is 4.12. The molecule has 0 atom stereocenters. The highest BCUT2D eigenvalue weighted by Crippen LogP contribution is 2.25. The summed E-state index contributed by atoms with van der Waals surface area (Å²) in [5.74, 6) is 0. The molecule has 0 aliphatic carbocycles. The van der Waals surface area contributed by atoms with Crippen molar-refractivity contribution in [2.45, 2.75) is 13.3 Å². The summed E-state index contributed by atoms with van der Waals surface area (Å²) in [6, 6.07) is 7.28. The third-order valence-electron chi connectivity index (χ3n) is 2.96. The van der Waals surface area contributed by atoms with Gasteiger partial charge in [-0.15, -0.1) is 4.73 Å². The number of hydrogen-bond donors (Lipinski definition) is 2. The predicted octanol–water partition coefficient (Wildman–Crippen LogP) is 1.58. The van der Waals surface area contributed by atoms with E-state index in [4.69, 9.17) is 0 Å². The van der Waals surface area contributed by atoms with Gasteiger partial charge in [-0.2, -0.15) is 5.10 Å². The Bertz CT molecular complexity index is 701.